The second kappa shape index (κ2) is 4.67. The molecule has 6 nitrogen and oxygen atoms in total. The van der Waals surface area contributed by atoms with Gasteiger partial charge in [0, 0.05) is 20.2 Å². The van der Waals surface area contributed by atoms with Crippen molar-refractivity contribution in [3.8, 4) is 0 Å². The van der Waals surface area contributed by atoms with E-state index in [0.717, 1.165) is 17.8 Å². The molecular weight excluding hydrogens is 253 g/mol. The monoisotopic (exact) mass is 264 g/mol. The average molecular weight is 264 g/mol. The van der Waals surface area contributed by atoms with Crippen molar-refractivity contribution < 1.29 is 22.8 Å². The highest BCUT2D eigenvalue weighted by Crippen LogP contribution is 2.17. The van der Waals surface area contributed by atoms with Crippen LogP contribution in [0.3, 0.4) is 0 Å². The Morgan fingerprint density at radius 3 is 2.44 bits per heavy atom. The summed E-state index contributed by atoms with van der Waals surface area (Å²) in [5.74, 6) is -1.75. The number of carbonyl (C=O) groups is 2. The minimum atomic E-state index is -4.49. The lowest BCUT2D eigenvalue weighted by atomic mass is 10.3. The number of hydrogen-bond donors (Lipinski definition) is 1. The molecule has 1 heterocycles. The molecule has 1 aromatic heterocycles. The summed E-state index contributed by atoms with van der Waals surface area (Å²) in [6, 6.07) is 1.05. The van der Waals surface area contributed by atoms with Gasteiger partial charge in [-0.05, 0) is 0 Å². The summed E-state index contributed by atoms with van der Waals surface area (Å²) in [5.41, 5.74) is 4.63. The molecule has 0 aliphatic rings. The van der Waals surface area contributed by atoms with E-state index in [1.54, 1.807) is 0 Å². The highest BCUT2D eigenvalue weighted by atomic mass is 19.4. The smallest absolute Gasteiger partial charge is 0.364 e. The standard InChI is InChI=1S/C9H11F3N4O2/c1-15(4-9(10,11)12)8(18)6-3-5(7(13)17)14-16(6)2/h3H,4H2,1-2H3,(H2,13,17). The molecule has 0 aromatic carbocycles. The first-order valence-electron chi connectivity index (χ1n) is 4.78. The van der Waals surface area contributed by atoms with Gasteiger partial charge in [-0.3, -0.25) is 14.3 Å². The minimum Gasteiger partial charge on any atom is -0.364 e. The zero-order valence-corrected chi connectivity index (χ0v) is 9.65. The Hall–Kier alpha value is -2.06. The normalized spacial score (nSPS) is 11.4. The maximum Gasteiger partial charge on any atom is 0.406 e. The van der Waals surface area contributed by atoms with Gasteiger partial charge < -0.3 is 10.6 Å². The molecular formula is C9H11F3N4O2. The van der Waals surface area contributed by atoms with Crippen molar-refractivity contribution in [2.24, 2.45) is 12.8 Å². The van der Waals surface area contributed by atoms with Crippen LogP contribution in [-0.4, -0.2) is 46.3 Å². The molecule has 2 amide bonds. The Morgan fingerprint density at radius 2 is 2.06 bits per heavy atom. The molecule has 0 aliphatic heterocycles. The van der Waals surface area contributed by atoms with Crippen LogP contribution < -0.4 is 5.73 Å². The molecule has 0 radical (unpaired) electrons. The third kappa shape index (κ3) is 3.22. The molecule has 0 bridgehead atoms. The summed E-state index contributed by atoms with van der Waals surface area (Å²) in [5, 5.41) is 3.62. The quantitative estimate of drug-likeness (QED) is 0.844. The number of halogens is 3. The molecule has 1 rings (SSSR count). The summed E-state index contributed by atoms with van der Waals surface area (Å²) in [6.45, 7) is -1.39. The van der Waals surface area contributed by atoms with Crippen LogP contribution in [0, 0.1) is 0 Å². The summed E-state index contributed by atoms with van der Waals surface area (Å²) in [7, 11) is 2.34. The van der Waals surface area contributed by atoms with Gasteiger partial charge in [-0.25, -0.2) is 0 Å². The van der Waals surface area contributed by atoms with Crippen molar-refractivity contribution in [3.05, 3.63) is 17.5 Å². The minimum absolute atomic E-state index is 0.143. The molecule has 18 heavy (non-hydrogen) atoms. The third-order valence-corrected chi connectivity index (χ3v) is 2.11. The van der Waals surface area contributed by atoms with Crippen LogP contribution in [0.5, 0.6) is 0 Å². The second-order valence-corrected chi connectivity index (χ2v) is 3.68. The van der Waals surface area contributed by atoms with Crippen molar-refractivity contribution in [1.82, 2.24) is 14.7 Å². The van der Waals surface area contributed by atoms with Crippen LogP contribution in [-0.2, 0) is 7.05 Å². The van der Waals surface area contributed by atoms with E-state index in [4.69, 9.17) is 5.73 Å². The number of nitrogens with zero attached hydrogens (tertiary/aromatic N) is 3. The fourth-order valence-corrected chi connectivity index (χ4v) is 1.32. The number of carbonyl (C=O) groups excluding carboxylic acids is 2. The predicted molar refractivity (Wildman–Crippen MR) is 54.7 cm³/mol. The molecule has 0 atom stereocenters. The van der Waals surface area contributed by atoms with Crippen molar-refractivity contribution >= 4 is 11.8 Å². The van der Waals surface area contributed by atoms with E-state index in [1.165, 1.54) is 7.05 Å². The van der Waals surface area contributed by atoms with Crippen molar-refractivity contribution in [2.45, 2.75) is 6.18 Å². The number of rotatable bonds is 3. The largest absolute Gasteiger partial charge is 0.406 e. The molecule has 2 N–H and O–H groups in total. The molecule has 0 saturated heterocycles. The number of amides is 2. The fourth-order valence-electron chi connectivity index (χ4n) is 1.32. The van der Waals surface area contributed by atoms with Gasteiger partial charge in [-0.1, -0.05) is 0 Å². The summed E-state index contributed by atoms with van der Waals surface area (Å²) in [6.07, 6.45) is -4.49. The third-order valence-electron chi connectivity index (χ3n) is 2.11. The number of aromatic nitrogens is 2. The van der Waals surface area contributed by atoms with Crippen LogP contribution in [0.1, 0.15) is 21.0 Å². The number of hydrogen-bond acceptors (Lipinski definition) is 3. The fraction of sp³-hybridized carbons (Fsp3) is 0.444. The van der Waals surface area contributed by atoms with Gasteiger partial charge in [0.25, 0.3) is 11.8 Å². The first-order valence-corrected chi connectivity index (χ1v) is 4.78. The molecule has 1 aromatic rings. The van der Waals surface area contributed by atoms with Gasteiger partial charge in [-0.15, -0.1) is 0 Å². The maximum absolute atomic E-state index is 12.1. The summed E-state index contributed by atoms with van der Waals surface area (Å²) in [4.78, 5) is 23.0. The van der Waals surface area contributed by atoms with Crippen molar-refractivity contribution in [3.63, 3.8) is 0 Å². The van der Waals surface area contributed by atoms with Crippen LogP contribution in [0.25, 0.3) is 0 Å². The molecule has 100 valence electrons. The molecule has 0 aliphatic carbocycles. The first kappa shape index (κ1) is 14.0. The van der Waals surface area contributed by atoms with E-state index in [1.807, 2.05) is 0 Å². The maximum atomic E-state index is 12.1. The van der Waals surface area contributed by atoms with E-state index in [2.05, 4.69) is 5.10 Å². The zero-order valence-electron chi connectivity index (χ0n) is 9.65. The van der Waals surface area contributed by atoms with Gasteiger partial charge in [0.2, 0.25) is 0 Å². The molecule has 0 saturated carbocycles. The van der Waals surface area contributed by atoms with Crippen molar-refractivity contribution in [1.29, 1.82) is 0 Å². The topological polar surface area (TPSA) is 81.2 Å². The first-order chi connectivity index (χ1) is 8.11. The Morgan fingerprint density at radius 1 is 1.50 bits per heavy atom. The van der Waals surface area contributed by atoms with Crippen LogP contribution in [0.15, 0.2) is 6.07 Å². The number of alkyl halides is 3. The Balaban J connectivity index is 2.93. The molecule has 9 heteroatoms. The number of nitrogens with two attached hydrogens (primary N) is 1. The number of aryl methyl sites for hydroxylation is 1. The van der Waals surface area contributed by atoms with E-state index < -0.39 is 24.5 Å². The summed E-state index contributed by atoms with van der Waals surface area (Å²) < 4.78 is 37.4. The van der Waals surface area contributed by atoms with E-state index in [9.17, 15) is 22.8 Å². The van der Waals surface area contributed by atoms with Gasteiger partial charge >= 0.3 is 6.18 Å². The highest BCUT2D eigenvalue weighted by Gasteiger charge is 2.32. The zero-order chi connectivity index (χ0) is 14.1. The van der Waals surface area contributed by atoms with E-state index in [0.29, 0.717) is 4.90 Å². The van der Waals surface area contributed by atoms with Crippen molar-refractivity contribution in [2.75, 3.05) is 13.6 Å². The van der Waals surface area contributed by atoms with Gasteiger partial charge in [-0.2, -0.15) is 18.3 Å². The van der Waals surface area contributed by atoms with E-state index >= 15 is 0 Å². The average Bonchev–Trinajstić information content (AvgIpc) is 2.56. The predicted octanol–water partition coefficient (Wildman–Crippen LogP) is 0.153. The second-order valence-electron chi connectivity index (χ2n) is 3.68. The van der Waals surface area contributed by atoms with Crippen LogP contribution >= 0.6 is 0 Å². The lowest BCUT2D eigenvalue weighted by molar-refractivity contribution is -0.138. The molecule has 0 unspecified atom stereocenters. The van der Waals surface area contributed by atoms with Crippen LogP contribution in [0.4, 0.5) is 13.2 Å². The van der Waals surface area contributed by atoms with Gasteiger partial charge in [0.05, 0.1) is 0 Å². The Labute approximate surface area is 100 Å². The molecule has 0 fully saturated rings. The summed E-state index contributed by atoms with van der Waals surface area (Å²) >= 11 is 0. The lowest BCUT2D eigenvalue weighted by Crippen LogP contribution is -2.36. The highest BCUT2D eigenvalue weighted by molar-refractivity contribution is 5.97. The Kier molecular flexibility index (Phi) is 3.63. The van der Waals surface area contributed by atoms with Gasteiger partial charge in [0.1, 0.15) is 12.2 Å². The van der Waals surface area contributed by atoms with Crippen LogP contribution in [0.2, 0.25) is 0 Å². The van der Waals surface area contributed by atoms with Gasteiger partial charge in [0.15, 0.2) is 5.69 Å². The number of primary amides is 1. The molecule has 0 spiro atoms. The Bertz CT molecular complexity index is 481. The van der Waals surface area contributed by atoms with E-state index in [-0.39, 0.29) is 11.4 Å². The SMILES string of the molecule is CN(CC(F)(F)F)C(=O)c1cc(C(N)=O)nn1C. The lowest BCUT2D eigenvalue weighted by Gasteiger charge is -2.18.